The van der Waals surface area contributed by atoms with Crippen molar-refractivity contribution in [3.63, 3.8) is 0 Å². The number of nitrogens with one attached hydrogen (secondary N) is 3. The molecule has 3 aromatic rings. The molecule has 0 saturated heterocycles. The van der Waals surface area contributed by atoms with E-state index in [1.807, 2.05) is 0 Å². The summed E-state index contributed by atoms with van der Waals surface area (Å²) in [5, 5.41) is 3.81. The van der Waals surface area contributed by atoms with Gasteiger partial charge in [0.05, 0.1) is 5.69 Å². The van der Waals surface area contributed by atoms with Crippen molar-refractivity contribution < 1.29 is 12.8 Å². The first kappa shape index (κ1) is 21.8. The number of hydrogen-bond donors (Lipinski definition) is 4. The normalized spacial score (nSPS) is 10.2. The second kappa shape index (κ2) is 9.48. The first-order chi connectivity index (χ1) is 11.5. The monoisotopic (exact) mass is 420 g/mol. The summed E-state index contributed by atoms with van der Waals surface area (Å²) < 4.78 is 37.1. The molecule has 0 spiro atoms. The predicted molar refractivity (Wildman–Crippen MR) is 104 cm³/mol. The Morgan fingerprint density at radius 3 is 2.62 bits per heavy atom. The Balaban J connectivity index is 0.00000169. The highest BCUT2D eigenvalue weighted by Gasteiger charge is 2.07. The predicted octanol–water partition coefficient (Wildman–Crippen LogP) is 2.27. The Kier molecular flexibility index (Phi) is 7.97. The Hall–Kier alpha value is -2.20. The first-order valence-electron chi connectivity index (χ1n) is 6.94. The van der Waals surface area contributed by atoms with Crippen LogP contribution in [0, 0.1) is 5.82 Å². The van der Waals surface area contributed by atoms with Crippen LogP contribution in [0.25, 0.3) is 11.0 Å². The molecule has 26 heavy (non-hydrogen) atoms. The molecular weight excluding hydrogens is 406 g/mol. The summed E-state index contributed by atoms with van der Waals surface area (Å²) in [5.41, 5.74) is 1.64. The number of rotatable bonds is 5. The Bertz CT molecular complexity index is 1030. The molecule has 2 aromatic heterocycles. The minimum absolute atomic E-state index is 0. The number of halogens is 3. The Morgan fingerprint density at radius 1 is 1.12 bits per heavy atom. The van der Waals surface area contributed by atoms with E-state index in [2.05, 4.69) is 20.0 Å². The van der Waals surface area contributed by atoms with E-state index < -0.39 is 16.7 Å². The topological polar surface area (TPSA) is 104 Å². The lowest BCUT2D eigenvalue weighted by Crippen LogP contribution is -2.11. The number of benzene rings is 1. The minimum atomic E-state index is -2.80. The summed E-state index contributed by atoms with van der Waals surface area (Å²) >= 11 is 0. The van der Waals surface area contributed by atoms with Crippen LogP contribution in [0.1, 0.15) is 5.56 Å². The van der Waals surface area contributed by atoms with Crippen LogP contribution < -0.4 is 15.6 Å². The Labute approximate surface area is 162 Å². The van der Waals surface area contributed by atoms with E-state index in [9.17, 15) is 17.6 Å². The van der Waals surface area contributed by atoms with Crippen molar-refractivity contribution in [2.45, 2.75) is 6.54 Å². The maximum Gasteiger partial charge on any atom is 0.249 e. The number of anilines is 2. The third-order valence-corrected chi connectivity index (χ3v) is 3.77. The Morgan fingerprint density at radius 2 is 1.88 bits per heavy atom. The molecule has 1 aromatic carbocycles. The van der Waals surface area contributed by atoms with Crippen molar-refractivity contribution in [3.05, 3.63) is 64.3 Å². The van der Waals surface area contributed by atoms with Gasteiger partial charge >= 0.3 is 0 Å². The van der Waals surface area contributed by atoms with Crippen molar-refractivity contribution in [1.82, 2.24) is 14.7 Å². The molecule has 0 saturated carbocycles. The molecule has 11 heteroatoms. The van der Waals surface area contributed by atoms with Crippen LogP contribution in [0.5, 0.6) is 0 Å². The van der Waals surface area contributed by atoms with Gasteiger partial charge in [-0.1, -0.05) is 0 Å². The molecule has 0 unspecified atom stereocenters. The lowest BCUT2D eigenvalue weighted by Gasteiger charge is -2.11. The maximum absolute atomic E-state index is 13.7. The van der Waals surface area contributed by atoms with Crippen molar-refractivity contribution in [2.24, 2.45) is 0 Å². The smallest absolute Gasteiger partial charge is 0.249 e. The lowest BCUT2D eigenvalue weighted by atomic mass is 10.1. The maximum atomic E-state index is 13.7. The molecule has 3 rings (SSSR count). The number of fused-ring (bicyclic) bond motifs is 1. The molecular formula is C15H15Cl2FN4O3S. The largest absolute Gasteiger partial charge is 0.355 e. The van der Waals surface area contributed by atoms with Crippen LogP contribution in [0.15, 0.2) is 47.4 Å². The third-order valence-electron chi connectivity index (χ3n) is 3.36. The van der Waals surface area contributed by atoms with E-state index in [0.29, 0.717) is 22.4 Å². The molecule has 0 aliphatic heterocycles. The summed E-state index contributed by atoms with van der Waals surface area (Å²) in [6.07, 6.45) is 1.54. The second-order valence-corrected chi connectivity index (χ2v) is 5.80. The first-order valence-corrected chi connectivity index (χ1v) is 8.12. The number of hydrogen-bond acceptors (Lipinski definition) is 5. The zero-order valence-electron chi connectivity index (χ0n) is 13.1. The quantitative estimate of drug-likeness (QED) is 0.474. The van der Waals surface area contributed by atoms with Gasteiger partial charge in [0.25, 0.3) is 0 Å². The standard InChI is InChI=1S/C15H13FN4O3S.2ClH/c16-12-3-1-10(7-9(12)8-18-24(22)23)19-13-5-6-17-15-11(13)2-4-14(21)20-15;;/h1-7,24H,8H2,(H,18,22,23)(H2,17,19,20,21);2*1H. The molecule has 140 valence electrons. The van der Waals surface area contributed by atoms with Gasteiger partial charge in [-0.2, -0.15) is 0 Å². The van der Waals surface area contributed by atoms with E-state index >= 15 is 0 Å². The van der Waals surface area contributed by atoms with Gasteiger partial charge in [-0.15, -0.1) is 24.8 Å². The molecule has 3 N–H and O–H groups in total. The fourth-order valence-corrected chi connectivity index (χ4v) is 2.56. The average Bonchev–Trinajstić information content (AvgIpc) is 2.55. The third kappa shape index (κ3) is 5.15. The van der Waals surface area contributed by atoms with Crippen molar-refractivity contribution >= 4 is 58.1 Å². The second-order valence-electron chi connectivity index (χ2n) is 4.97. The summed E-state index contributed by atoms with van der Waals surface area (Å²) in [6.45, 7) is -0.134. The summed E-state index contributed by atoms with van der Waals surface area (Å²) in [5.74, 6) is -0.506. The van der Waals surface area contributed by atoms with Crippen molar-refractivity contribution in [2.75, 3.05) is 5.32 Å². The molecule has 0 atom stereocenters. The summed E-state index contributed by atoms with van der Waals surface area (Å²) in [7, 11) is -2.80. The van der Waals surface area contributed by atoms with Crippen molar-refractivity contribution in [1.29, 1.82) is 0 Å². The minimum Gasteiger partial charge on any atom is -0.355 e. The van der Waals surface area contributed by atoms with Gasteiger partial charge in [0, 0.05) is 35.4 Å². The zero-order valence-corrected chi connectivity index (χ0v) is 15.6. The molecule has 0 aliphatic rings. The number of nitrogens with zero attached hydrogens (tertiary/aromatic N) is 1. The van der Waals surface area contributed by atoms with Gasteiger partial charge in [0.15, 0.2) is 0 Å². The van der Waals surface area contributed by atoms with Gasteiger partial charge in [-0.25, -0.2) is 22.5 Å². The van der Waals surface area contributed by atoms with Gasteiger partial charge in [-0.3, -0.25) is 4.79 Å². The molecule has 0 bridgehead atoms. The van der Waals surface area contributed by atoms with Gasteiger partial charge < -0.3 is 10.3 Å². The van der Waals surface area contributed by atoms with E-state index in [4.69, 9.17) is 0 Å². The van der Waals surface area contributed by atoms with Crippen LogP contribution in [0.3, 0.4) is 0 Å². The molecule has 0 aliphatic carbocycles. The molecule has 2 heterocycles. The van der Waals surface area contributed by atoms with Crippen LogP contribution >= 0.6 is 24.8 Å². The number of aromatic amines is 1. The van der Waals surface area contributed by atoms with Gasteiger partial charge in [0.1, 0.15) is 11.5 Å². The van der Waals surface area contributed by atoms with Crippen LogP contribution in [-0.4, -0.2) is 18.4 Å². The highest BCUT2D eigenvalue weighted by molar-refractivity contribution is 7.70. The fraction of sp³-hybridized carbons (Fsp3) is 0.0667. The highest BCUT2D eigenvalue weighted by atomic mass is 35.5. The molecule has 7 nitrogen and oxygen atoms in total. The van der Waals surface area contributed by atoms with E-state index in [0.717, 1.165) is 0 Å². The lowest BCUT2D eigenvalue weighted by molar-refractivity contribution is 0.590. The van der Waals surface area contributed by atoms with Crippen LogP contribution in [0.2, 0.25) is 0 Å². The van der Waals surface area contributed by atoms with Gasteiger partial charge in [0.2, 0.25) is 16.4 Å². The van der Waals surface area contributed by atoms with Crippen LogP contribution in [-0.2, 0) is 17.4 Å². The SMILES string of the molecule is Cl.Cl.O=c1ccc2c(Nc3ccc(F)c(CN[SH](=O)=O)c3)ccnc2[nH]1. The van der Waals surface area contributed by atoms with Crippen molar-refractivity contribution in [3.8, 4) is 0 Å². The van der Waals surface area contributed by atoms with E-state index in [-0.39, 0.29) is 42.5 Å². The molecule has 0 fully saturated rings. The van der Waals surface area contributed by atoms with Gasteiger partial charge in [-0.05, 0) is 30.3 Å². The van der Waals surface area contributed by atoms with E-state index in [1.165, 1.54) is 30.5 Å². The highest BCUT2D eigenvalue weighted by Crippen LogP contribution is 2.24. The van der Waals surface area contributed by atoms with E-state index in [1.54, 1.807) is 12.1 Å². The molecule has 0 amide bonds. The number of H-pyrrole nitrogens is 1. The number of aromatic nitrogens is 2. The number of pyridine rings is 2. The summed E-state index contributed by atoms with van der Waals surface area (Å²) in [4.78, 5) is 18.1. The fourth-order valence-electron chi connectivity index (χ4n) is 2.26. The zero-order chi connectivity index (χ0) is 17.1. The molecule has 0 radical (unpaired) electrons. The van der Waals surface area contributed by atoms with Crippen LogP contribution in [0.4, 0.5) is 15.8 Å². The summed E-state index contributed by atoms with van der Waals surface area (Å²) in [6, 6.07) is 9.05. The average molecular weight is 421 g/mol. The number of thiol groups is 1.